The van der Waals surface area contributed by atoms with Crippen molar-refractivity contribution in [1.82, 2.24) is 19.8 Å². The van der Waals surface area contributed by atoms with E-state index in [0.29, 0.717) is 17.5 Å². The number of piperazine rings is 1. The molecule has 2 aliphatic heterocycles. The summed E-state index contributed by atoms with van der Waals surface area (Å²) in [6.07, 6.45) is -0.302. The van der Waals surface area contributed by atoms with E-state index in [0.717, 1.165) is 87.8 Å². The summed E-state index contributed by atoms with van der Waals surface area (Å²) in [6, 6.07) is 7.08. The van der Waals surface area contributed by atoms with Crippen molar-refractivity contribution in [2.75, 3.05) is 79.9 Å². The molecule has 0 radical (unpaired) electrons. The van der Waals surface area contributed by atoms with Crippen LogP contribution in [0.25, 0.3) is 0 Å². The van der Waals surface area contributed by atoms with Crippen molar-refractivity contribution in [3.05, 3.63) is 52.7 Å². The summed E-state index contributed by atoms with van der Waals surface area (Å²) >= 11 is 6.31. The van der Waals surface area contributed by atoms with Crippen LogP contribution in [0.5, 0.6) is 5.75 Å². The summed E-state index contributed by atoms with van der Waals surface area (Å²) in [5.41, 5.74) is 1.40. The van der Waals surface area contributed by atoms with Gasteiger partial charge < -0.3 is 25.2 Å². The van der Waals surface area contributed by atoms with Gasteiger partial charge in [0.2, 0.25) is 16.0 Å². The van der Waals surface area contributed by atoms with Gasteiger partial charge in [-0.05, 0) is 56.6 Å². The van der Waals surface area contributed by atoms with Crippen molar-refractivity contribution in [1.29, 1.82) is 0 Å². The summed E-state index contributed by atoms with van der Waals surface area (Å²) in [6.45, 7) is 8.32. The molecule has 11 nitrogen and oxygen atoms in total. The van der Waals surface area contributed by atoms with Gasteiger partial charge in [0.25, 0.3) is 0 Å². The van der Waals surface area contributed by atoms with Gasteiger partial charge in [-0.2, -0.15) is 18.2 Å². The maximum absolute atomic E-state index is 13.5. The number of hydrogen-bond acceptors (Lipinski definition) is 10. The van der Waals surface area contributed by atoms with Gasteiger partial charge in [0.1, 0.15) is 10.8 Å². The average Bonchev–Trinajstić information content (AvgIpc) is 2.99. The van der Waals surface area contributed by atoms with Crippen LogP contribution >= 0.6 is 11.6 Å². The smallest absolute Gasteiger partial charge is 0.416 e. The molecule has 0 atom stereocenters. The minimum atomic E-state index is -4.66. The fourth-order valence-electron chi connectivity index (χ4n) is 5.82. The Hall–Kier alpha value is -3.53. The molecule has 0 spiro atoms. The van der Waals surface area contributed by atoms with E-state index in [-0.39, 0.29) is 28.2 Å². The fraction of sp³-hybridized carbons (Fsp3) is 0.467. The van der Waals surface area contributed by atoms with Crippen LogP contribution in [0.15, 0.2) is 36.5 Å². The van der Waals surface area contributed by atoms with Crippen LogP contribution < -0.4 is 25.0 Å². The maximum atomic E-state index is 13.5. The molecule has 16 heteroatoms. The highest BCUT2D eigenvalue weighted by atomic mass is 35.5. The predicted octanol–water partition coefficient (Wildman–Crippen LogP) is 5.54. The van der Waals surface area contributed by atoms with Crippen LogP contribution in [-0.2, 0) is 16.2 Å². The number of likely N-dealkylation sites (N-methyl/N-ethyl adjacent to an activating group) is 1. The molecule has 2 saturated heterocycles. The fourth-order valence-corrected chi connectivity index (χ4v) is 6.54. The van der Waals surface area contributed by atoms with Crippen molar-refractivity contribution in [3.8, 4) is 5.75 Å². The normalized spacial score (nSPS) is 17.2. The molecular formula is C30H38ClF3N8O3S. The molecule has 2 aromatic carbocycles. The maximum Gasteiger partial charge on any atom is 0.416 e. The van der Waals surface area contributed by atoms with E-state index in [4.69, 9.17) is 16.3 Å². The lowest BCUT2D eigenvalue weighted by Crippen LogP contribution is -2.52. The minimum Gasteiger partial charge on any atom is -0.494 e. The number of sulfonamides is 1. The van der Waals surface area contributed by atoms with Crippen LogP contribution in [0.4, 0.5) is 47.7 Å². The van der Waals surface area contributed by atoms with Crippen molar-refractivity contribution in [2.45, 2.75) is 32.0 Å². The molecule has 0 aliphatic carbocycles. The predicted molar refractivity (Wildman–Crippen MR) is 176 cm³/mol. The van der Waals surface area contributed by atoms with Crippen molar-refractivity contribution in [2.24, 2.45) is 0 Å². The van der Waals surface area contributed by atoms with E-state index >= 15 is 0 Å². The number of rotatable bonds is 9. The second-order valence-electron chi connectivity index (χ2n) is 11.7. The largest absolute Gasteiger partial charge is 0.494 e. The number of hydrogen-bond donors (Lipinski definition) is 3. The second kappa shape index (κ2) is 13.7. The second-order valence-corrected chi connectivity index (χ2v) is 13.8. The van der Waals surface area contributed by atoms with Crippen LogP contribution in [0.2, 0.25) is 5.02 Å². The molecule has 46 heavy (non-hydrogen) atoms. The first kappa shape index (κ1) is 33.8. The Balaban J connectivity index is 1.34. The van der Waals surface area contributed by atoms with Crippen molar-refractivity contribution in [3.63, 3.8) is 0 Å². The third-order valence-electron chi connectivity index (χ3n) is 8.26. The van der Waals surface area contributed by atoms with Gasteiger partial charge in [-0.15, -0.1) is 0 Å². The summed E-state index contributed by atoms with van der Waals surface area (Å²) < 4.78 is 72.1. The number of piperidine rings is 1. The van der Waals surface area contributed by atoms with Gasteiger partial charge in [0, 0.05) is 57.1 Å². The number of aryl methyl sites for hydroxylation is 1. The lowest BCUT2D eigenvalue weighted by atomic mass is 10.0. The van der Waals surface area contributed by atoms with Gasteiger partial charge in [0.05, 0.1) is 42.2 Å². The Kier molecular flexibility index (Phi) is 10.1. The van der Waals surface area contributed by atoms with Gasteiger partial charge in [0.15, 0.2) is 5.82 Å². The number of anilines is 6. The number of halogens is 4. The van der Waals surface area contributed by atoms with Crippen LogP contribution in [-0.4, -0.2) is 93.9 Å². The number of benzene rings is 2. The summed E-state index contributed by atoms with van der Waals surface area (Å²) in [5.74, 6) is 0.618. The lowest BCUT2D eigenvalue weighted by molar-refractivity contribution is -0.137. The first-order valence-electron chi connectivity index (χ1n) is 14.8. The summed E-state index contributed by atoms with van der Waals surface area (Å²) in [5, 5.41) is 5.86. The molecule has 0 saturated carbocycles. The highest BCUT2D eigenvalue weighted by Gasteiger charge is 2.32. The Labute approximate surface area is 272 Å². The molecule has 1 aromatic heterocycles. The van der Waals surface area contributed by atoms with Gasteiger partial charge >= 0.3 is 6.18 Å². The molecule has 250 valence electrons. The van der Waals surface area contributed by atoms with E-state index in [2.05, 4.69) is 47.1 Å². The molecule has 0 bridgehead atoms. The van der Waals surface area contributed by atoms with E-state index in [1.54, 1.807) is 7.11 Å². The quantitative estimate of drug-likeness (QED) is 0.266. The molecule has 3 N–H and O–H groups in total. The van der Waals surface area contributed by atoms with Crippen LogP contribution in [0.1, 0.15) is 24.0 Å². The standard InChI is InChI=1S/C30H38ClF3N8O3S/c1-19-15-25(27(45-3)17-26(19)42-9-7-21(8-10-42)41-13-11-40(2)12-14-41)37-29-35-18-22(31)28(38-29)36-24-16-20(30(32,33)34)5-6-23(24)39-46(4,43)44/h5-6,15-18,21,39H,7-14H2,1-4H3,(H2,35,36,37,38). The van der Waals surface area contributed by atoms with Gasteiger partial charge in [-0.1, -0.05) is 11.6 Å². The van der Waals surface area contributed by atoms with Gasteiger partial charge in [-0.3, -0.25) is 9.62 Å². The Bertz CT molecular complexity index is 1660. The Morgan fingerprint density at radius 3 is 2.30 bits per heavy atom. The van der Waals surface area contributed by atoms with E-state index in [1.807, 2.05) is 19.1 Å². The third kappa shape index (κ3) is 8.24. The summed E-state index contributed by atoms with van der Waals surface area (Å²) in [7, 11) is -0.0671. The number of aromatic nitrogens is 2. The highest BCUT2D eigenvalue weighted by molar-refractivity contribution is 7.92. The van der Waals surface area contributed by atoms with Gasteiger partial charge in [-0.25, -0.2) is 13.4 Å². The zero-order chi connectivity index (χ0) is 33.2. The SMILES string of the molecule is COc1cc(N2CCC(N3CCN(C)CC3)CC2)c(C)cc1Nc1ncc(Cl)c(Nc2cc(C(F)(F)F)ccc2NS(C)(=O)=O)n1. The lowest BCUT2D eigenvalue weighted by Gasteiger charge is -2.43. The number of methoxy groups -OCH3 is 1. The molecule has 5 rings (SSSR count). The van der Waals surface area contributed by atoms with E-state index in [9.17, 15) is 21.6 Å². The topological polar surface area (TPSA) is 115 Å². The zero-order valence-corrected chi connectivity index (χ0v) is 27.7. The highest BCUT2D eigenvalue weighted by Crippen LogP contribution is 2.38. The zero-order valence-electron chi connectivity index (χ0n) is 26.1. The molecule has 0 unspecified atom stereocenters. The van der Waals surface area contributed by atoms with Crippen molar-refractivity contribution >= 4 is 56.1 Å². The minimum absolute atomic E-state index is 0.00624. The molecule has 3 heterocycles. The number of nitrogens with one attached hydrogen (secondary N) is 3. The molecule has 3 aromatic rings. The van der Waals surface area contributed by atoms with E-state index < -0.39 is 21.8 Å². The molecule has 2 fully saturated rings. The third-order valence-corrected chi connectivity index (χ3v) is 9.13. The number of ether oxygens (including phenoxy) is 1. The summed E-state index contributed by atoms with van der Waals surface area (Å²) in [4.78, 5) is 16.0. The molecule has 0 amide bonds. The van der Waals surface area contributed by atoms with E-state index in [1.165, 1.54) is 6.20 Å². The number of nitrogens with zero attached hydrogens (tertiary/aromatic N) is 5. The van der Waals surface area contributed by atoms with Crippen molar-refractivity contribution < 1.29 is 26.3 Å². The number of alkyl halides is 3. The molecule has 2 aliphatic rings. The Morgan fingerprint density at radius 1 is 0.978 bits per heavy atom. The monoisotopic (exact) mass is 682 g/mol. The first-order chi connectivity index (χ1) is 21.7. The molecular weight excluding hydrogens is 645 g/mol. The van der Waals surface area contributed by atoms with Crippen LogP contribution in [0.3, 0.4) is 0 Å². The Morgan fingerprint density at radius 2 is 1.67 bits per heavy atom. The first-order valence-corrected chi connectivity index (χ1v) is 17.1. The average molecular weight is 683 g/mol. The van der Waals surface area contributed by atoms with Crippen LogP contribution in [0, 0.1) is 6.92 Å².